The third-order valence-corrected chi connectivity index (χ3v) is 1.77. The minimum atomic E-state index is -0.466. The molecule has 0 aliphatic heterocycles. The number of aldehydes is 1. The SMILES string of the molecule is C[CH]C(=O)Oc1ccc(C=O)cc1OC. The van der Waals surface area contributed by atoms with Crippen LogP contribution in [0.1, 0.15) is 17.3 Å². The van der Waals surface area contributed by atoms with Gasteiger partial charge in [0.15, 0.2) is 11.5 Å². The fourth-order valence-electron chi connectivity index (χ4n) is 1.01. The molecule has 1 aromatic carbocycles. The first-order valence-electron chi connectivity index (χ1n) is 4.35. The monoisotopic (exact) mass is 207 g/mol. The summed E-state index contributed by atoms with van der Waals surface area (Å²) < 4.78 is 9.93. The van der Waals surface area contributed by atoms with Crippen LogP contribution in [0.4, 0.5) is 0 Å². The summed E-state index contributed by atoms with van der Waals surface area (Å²) in [4.78, 5) is 21.5. The molecular weight excluding hydrogens is 196 g/mol. The molecule has 1 radical (unpaired) electrons. The molecule has 0 saturated carbocycles. The Morgan fingerprint density at radius 2 is 2.07 bits per heavy atom. The number of carbonyl (C=O) groups excluding carboxylic acids is 2. The van der Waals surface area contributed by atoms with Gasteiger partial charge >= 0.3 is 5.97 Å². The molecule has 0 unspecified atom stereocenters. The number of ether oxygens (including phenoxy) is 2. The second-order valence-corrected chi connectivity index (χ2v) is 2.74. The van der Waals surface area contributed by atoms with Gasteiger partial charge in [0.25, 0.3) is 0 Å². The number of esters is 1. The van der Waals surface area contributed by atoms with Crippen LogP contribution in [0.5, 0.6) is 11.5 Å². The Bertz CT molecular complexity index is 371. The Hall–Kier alpha value is -1.84. The number of hydrogen-bond donors (Lipinski definition) is 0. The van der Waals surface area contributed by atoms with Gasteiger partial charge in [-0.1, -0.05) is 6.92 Å². The lowest BCUT2D eigenvalue weighted by molar-refractivity contribution is -0.130. The molecule has 0 aromatic heterocycles. The number of carbonyl (C=O) groups is 2. The summed E-state index contributed by atoms with van der Waals surface area (Å²) in [6, 6.07) is 4.57. The maximum absolute atomic E-state index is 11.0. The van der Waals surface area contributed by atoms with Crippen molar-refractivity contribution in [3.05, 3.63) is 30.2 Å². The molecule has 1 aromatic rings. The van der Waals surface area contributed by atoms with E-state index in [2.05, 4.69) is 0 Å². The zero-order valence-corrected chi connectivity index (χ0v) is 8.52. The molecule has 0 amide bonds. The molecule has 4 nitrogen and oxygen atoms in total. The Kier molecular flexibility index (Phi) is 3.85. The Morgan fingerprint density at radius 1 is 1.33 bits per heavy atom. The molecule has 4 heteroatoms. The van der Waals surface area contributed by atoms with Gasteiger partial charge in [-0.25, -0.2) is 0 Å². The van der Waals surface area contributed by atoms with Gasteiger partial charge in [0, 0.05) is 5.56 Å². The van der Waals surface area contributed by atoms with Crippen LogP contribution in [0.3, 0.4) is 0 Å². The molecule has 79 valence electrons. The lowest BCUT2D eigenvalue weighted by Gasteiger charge is -2.08. The quantitative estimate of drug-likeness (QED) is 0.428. The van der Waals surface area contributed by atoms with Gasteiger partial charge in [-0.3, -0.25) is 9.59 Å². The highest BCUT2D eigenvalue weighted by Crippen LogP contribution is 2.27. The lowest BCUT2D eigenvalue weighted by atomic mass is 10.2. The minimum Gasteiger partial charge on any atom is -0.493 e. The van der Waals surface area contributed by atoms with Crippen LogP contribution in [-0.2, 0) is 4.79 Å². The van der Waals surface area contributed by atoms with E-state index < -0.39 is 5.97 Å². The van der Waals surface area contributed by atoms with E-state index in [4.69, 9.17) is 9.47 Å². The fraction of sp³-hybridized carbons (Fsp3) is 0.182. The summed E-state index contributed by atoms with van der Waals surface area (Å²) in [5.74, 6) is 0.188. The van der Waals surface area contributed by atoms with Gasteiger partial charge in [-0.2, -0.15) is 0 Å². The molecule has 0 N–H and O–H groups in total. The van der Waals surface area contributed by atoms with Crippen molar-refractivity contribution in [3.8, 4) is 11.5 Å². The van der Waals surface area contributed by atoms with Crippen LogP contribution in [0.25, 0.3) is 0 Å². The predicted molar refractivity (Wildman–Crippen MR) is 54.0 cm³/mol. The summed E-state index contributed by atoms with van der Waals surface area (Å²) in [6.07, 6.45) is 1.99. The molecule has 0 fully saturated rings. The van der Waals surface area contributed by atoms with Crippen LogP contribution < -0.4 is 9.47 Å². The molecule has 1 rings (SSSR count). The molecule has 0 atom stereocenters. The zero-order chi connectivity index (χ0) is 11.3. The largest absolute Gasteiger partial charge is 0.493 e. The summed E-state index contributed by atoms with van der Waals surface area (Å²) in [5.41, 5.74) is 0.465. The predicted octanol–water partition coefficient (Wildman–Crippen LogP) is 1.64. The summed E-state index contributed by atoms with van der Waals surface area (Å²) >= 11 is 0. The van der Waals surface area contributed by atoms with Gasteiger partial charge in [0.2, 0.25) is 0 Å². The second kappa shape index (κ2) is 5.14. The van der Waals surface area contributed by atoms with Crippen molar-refractivity contribution in [2.75, 3.05) is 7.11 Å². The normalized spacial score (nSPS) is 9.47. The van der Waals surface area contributed by atoms with Crippen LogP contribution >= 0.6 is 0 Å². The van der Waals surface area contributed by atoms with Crippen molar-refractivity contribution < 1.29 is 19.1 Å². The van der Waals surface area contributed by atoms with Crippen LogP contribution in [0, 0.1) is 6.42 Å². The lowest BCUT2D eigenvalue weighted by Crippen LogP contribution is -2.07. The molecular formula is C11H11O4. The van der Waals surface area contributed by atoms with Crippen molar-refractivity contribution in [2.45, 2.75) is 6.92 Å². The fourth-order valence-corrected chi connectivity index (χ4v) is 1.01. The van der Waals surface area contributed by atoms with E-state index in [1.165, 1.54) is 25.7 Å². The molecule has 15 heavy (non-hydrogen) atoms. The molecule has 0 aliphatic carbocycles. The Morgan fingerprint density at radius 3 is 2.60 bits per heavy atom. The highest BCUT2D eigenvalue weighted by molar-refractivity contribution is 5.82. The van der Waals surface area contributed by atoms with Gasteiger partial charge < -0.3 is 9.47 Å². The number of methoxy groups -OCH3 is 1. The van der Waals surface area contributed by atoms with Gasteiger partial charge in [-0.05, 0) is 18.2 Å². The molecule has 0 heterocycles. The Balaban J connectivity index is 2.97. The van der Waals surface area contributed by atoms with E-state index in [9.17, 15) is 9.59 Å². The first kappa shape index (κ1) is 11.2. The average Bonchev–Trinajstić information content (AvgIpc) is 2.29. The summed E-state index contributed by atoms with van der Waals surface area (Å²) in [7, 11) is 1.44. The Labute approximate surface area is 87.8 Å². The smallest absolute Gasteiger partial charge is 0.315 e. The van der Waals surface area contributed by atoms with Crippen LogP contribution in [0.15, 0.2) is 18.2 Å². The zero-order valence-electron chi connectivity index (χ0n) is 8.52. The summed E-state index contributed by atoms with van der Waals surface area (Å²) in [6.45, 7) is 1.58. The maximum Gasteiger partial charge on any atom is 0.315 e. The number of benzene rings is 1. The topological polar surface area (TPSA) is 52.6 Å². The number of rotatable bonds is 4. The van der Waals surface area contributed by atoms with E-state index in [0.717, 1.165) is 0 Å². The van der Waals surface area contributed by atoms with E-state index in [1.54, 1.807) is 13.0 Å². The van der Waals surface area contributed by atoms with Crippen molar-refractivity contribution in [3.63, 3.8) is 0 Å². The van der Waals surface area contributed by atoms with Crippen molar-refractivity contribution in [2.24, 2.45) is 0 Å². The third kappa shape index (κ3) is 2.80. The van der Waals surface area contributed by atoms with Gasteiger partial charge in [0.1, 0.15) is 6.29 Å². The standard InChI is InChI=1S/C11H11O4/c1-3-11(13)15-9-5-4-8(7-12)6-10(9)14-2/h3-7H,1-2H3. The first-order chi connectivity index (χ1) is 7.21. The van der Waals surface area contributed by atoms with Crippen molar-refractivity contribution in [1.29, 1.82) is 0 Å². The van der Waals surface area contributed by atoms with E-state index in [0.29, 0.717) is 23.3 Å². The molecule has 0 aliphatic rings. The van der Waals surface area contributed by atoms with Crippen LogP contribution in [0.2, 0.25) is 0 Å². The maximum atomic E-state index is 11.0. The van der Waals surface area contributed by atoms with E-state index >= 15 is 0 Å². The van der Waals surface area contributed by atoms with Gasteiger partial charge in [0.05, 0.1) is 13.5 Å². The van der Waals surface area contributed by atoms with Crippen molar-refractivity contribution >= 4 is 12.3 Å². The molecule has 0 spiro atoms. The van der Waals surface area contributed by atoms with Crippen molar-refractivity contribution in [1.82, 2.24) is 0 Å². The highest BCUT2D eigenvalue weighted by Gasteiger charge is 2.09. The molecule has 0 saturated heterocycles. The molecule has 0 bridgehead atoms. The van der Waals surface area contributed by atoms with E-state index in [1.807, 2.05) is 0 Å². The highest BCUT2D eigenvalue weighted by atomic mass is 16.6. The minimum absolute atomic E-state index is 0.297. The average molecular weight is 207 g/mol. The summed E-state index contributed by atoms with van der Waals surface area (Å²) in [5, 5.41) is 0. The first-order valence-corrected chi connectivity index (χ1v) is 4.35. The van der Waals surface area contributed by atoms with E-state index in [-0.39, 0.29) is 0 Å². The van der Waals surface area contributed by atoms with Crippen LogP contribution in [-0.4, -0.2) is 19.4 Å². The van der Waals surface area contributed by atoms with Gasteiger partial charge in [-0.15, -0.1) is 0 Å². The third-order valence-electron chi connectivity index (χ3n) is 1.77. The number of hydrogen-bond acceptors (Lipinski definition) is 4. The second-order valence-electron chi connectivity index (χ2n) is 2.74.